The second-order valence-electron chi connectivity index (χ2n) is 5.79. The largest absolute Gasteiger partial charge is 0.341 e. The highest BCUT2D eigenvalue weighted by molar-refractivity contribution is 9.08. The summed E-state index contributed by atoms with van der Waals surface area (Å²) in [6, 6.07) is 15.6. The summed E-state index contributed by atoms with van der Waals surface area (Å²) in [6.45, 7) is 5.63. The minimum atomic E-state index is 0.695. The highest BCUT2D eigenvalue weighted by atomic mass is 79.9. The number of benzene rings is 2. The van der Waals surface area contributed by atoms with Gasteiger partial charge in [-0.05, 0) is 54.2 Å². The summed E-state index contributed by atoms with van der Waals surface area (Å²) in [5, 5.41) is 0.923. The first kappa shape index (κ1) is 13.7. The summed E-state index contributed by atoms with van der Waals surface area (Å²) in [6.07, 6.45) is 1.19. The second-order valence-corrected chi connectivity index (χ2v) is 6.35. The lowest BCUT2D eigenvalue weighted by Crippen LogP contribution is -2.30. The number of anilines is 2. The number of hydrogen-bond acceptors (Lipinski definition) is 1. The SMILES string of the molecule is Cc1cc(N2CC(C)Cc3ccccc32)ccc1CBr. The fourth-order valence-corrected chi connectivity index (χ4v) is 3.67. The number of nitrogens with zero attached hydrogens (tertiary/aromatic N) is 1. The molecule has 0 aliphatic carbocycles. The topological polar surface area (TPSA) is 3.24 Å². The van der Waals surface area contributed by atoms with Gasteiger partial charge >= 0.3 is 0 Å². The van der Waals surface area contributed by atoms with Gasteiger partial charge in [-0.2, -0.15) is 0 Å². The van der Waals surface area contributed by atoms with E-state index in [2.05, 4.69) is 77.1 Å². The molecule has 0 aromatic heterocycles. The number of para-hydroxylation sites is 1. The van der Waals surface area contributed by atoms with Crippen LogP contribution < -0.4 is 4.90 Å². The summed E-state index contributed by atoms with van der Waals surface area (Å²) in [4.78, 5) is 2.47. The van der Waals surface area contributed by atoms with Crippen molar-refractivity contribution in [3.8, 4) is 0 Å². The van der Waals surface area contributed by atoms with E-state index < -0.39 is 0 Å². The fraction of sp³-hybridized carbons (Fsp3) is 0.333. The van der Waals surface area contributed by atoms with Crippen molar-refractivity contribution in [2.75, 3.05) is 11.4 Å². The van der Waals surface area contributed by atoms with Crippen LogP contribution in [0.5, 0.6) is 0 Å². The Morgan fingerprint density at radius 1 is 1.20 bits per heavy atom. The maximum absolute atomic E-state index is 3.55. The molecular formula is C18H20BrN. The number of aryl methyl sites for hydroxylation is 1. The lowest BCUT2D eigenvalue weighted by Gasteiger charge is -2.35. The van der Waals surface area contributed by atoms with Crippen molar-refractivity contribution < 1.29 is 0 Å². The van der Waals surface area contributed by atoms with Crippen molar-refractivity contribution in [2.45, 2.75) is 25.6 Å². The van der Waals surface area contributed by atoms with Crippen molar-refractivity contribution in [1.82, 2.24) is 0 Å². The molecule has 1 atom stereocenters. The molecule has 2 aromatic carbocycles. The highest BCUT2D eigenvalue weighted by Gasteiger charge is 2.22. The van der Waals surface area contributed by atoms with Crippen LogP contribution in [0.3, 0.4) is 0 Å². The van der Waals surface area contributed by atoms with E-state index in [0.29, 0.717) is 5.92 Å². The van der Waals surface area contributed by atoms with Crippen LogP contribution in [-0.2, 0) is 11.8 Å². The Morgan fingerprint density at radius 3 is 2.75 bits per heavy atom. The molecule has 2 aromatic rings. The molecule has 1 nitrogen and oxygen atoms in total. The molecule has 0 spiro atoms. The third kappa shape index (κ3) is 2.49. The Labute approximate surface area is 129 Å². The predicted molar refractivity (Wildman–Crippen MR) is 90.1 cm³/mol. The molecule has 20 heavy (non-hydrogen) atoms. The normalized spacial score (nSPS) is 17.9. The van der Waals surface area contributed by atoms with E-state index in [9.17, 15) is 0 Å². The molecule has 1 aliphatic rings. The zero-order valence-electron chi connectivity index (χ0n) is 12.1. The van der Waals surface area contributed by atoms with Crippen LogP contribution in [0.25, 0.3) is 0 Å². The molecule has 0 radical (unpaired) electrons. The fourth-order valence-electron chi connectivity index (χ4n) is 3.04. The third-order valence-electron chi connectivity index (χ3n) is 4.13. The minimum absolute atomic E-state index is 0.695. The van der Waals surface area contributed by atoms with Crippen LogP contribution in [0.1, 0.15) is 23.6 Å². The van der Waals surface area contributed by atoms with E-state index in [0.717, 1.165) is 11.9 Å². The molecule has 1 unspecified atom stereocenters. The molecular weight excluding hydrogens is 310 g/mol. The molecule has 0 saturated carbocycles. The Balaban J connectivity index is 2.04. The molecule has 1 aliphatic heterocycles. The minimum Gasteiger partial charge on any atom is -0.341 e. The smallest absolute Gasteiger partial charge is 0.0443 e. The van der Waals surface area contributed by atoms with Crippen molar-refractivity contribution in [2.24, 2.45) is 5.92 Å². The van der Waals surface area contributed by atoms with Gasteiger partial charge in [0, 0.05) is 23.2 Å². The van der Waals surface area contributed by atoms with Crippen molar-refractivity contribution in [3.63, 3.8) is 0 Å². The van der Waals surface area contributed by atoms with Crippen LogP contribution in [0.2, 0.25) is 0 Å². The maximum atomic E-state index is 3.55. The summed E-state index contributed by atoms with van der Waals surface area (Å²) in [5.74, 6) is 0.695. The Kier molecular flexibility index (Phi) is 3.84. The van der Waals surface area contributed by atoms with E-state index in [-0.39, 0.29) is 0 Å². The predicted octanol–water partition coefficient (Wildman–Crippen LogP) is 5.22. The van der Waals surface area contributed by atoms with Crippen LogP contribution in [0.15, 0.2) is 42.5 Å². The Hall–Kier alpha value is -1.28. The maximum Gasteiger partial charge on any atom is 0.0443 e. The van der Waals surface area contributed by atoms with Crippen LogP contribution in [0.4, 0.5) is 11.4 Å². The quantitative estimate of drug-likeness (QED) is 0.682. The number of fused-ring (bicyclic) bond motifs is 1. The molecule has 0 amide bonds. The average Bonchev–Trinajstić information content (AvgIpc) is 2.46. The first-order chi connectivity index (χ1) is 9.69. The summed E-state index contributed by atoms with van der Waals surface area (Å²) in [7, 11) is 0. The van der Waals surface area contributed by atoms with Crippen molar-refractivity contribution in [3.05, 3.63) is 59.2 Å². The molecule has 2 heteroatoms. The summed E-state index contributed by atoms with van der Waals surface area (Å²) in [5.41, 5.74) is 6.87. The van der Waals surface area contributed by atoms with Gasteiger partial charge in [0.15, 0.2) is 0 Å². The van der Waals surface area contributed by atoms with Gasteiger partial charge in [0.25, 0.3) is 0 Å². The van der Waals surface area contributed by atoms with Gasteiger partial charge in [-0.25, -0.2) is 0 Å². The van der Waals surface area contributed by atoms with E-state index in [1.54, 1.807) is 0 Å². The molecule has 0 N–H and O–H groups in total. The number of halogens is 1. The number of rotatable bonds is 2. The monoisotopic (exact) mass is 329 g/mol. The lowest BCUT2D eigenvalue weighted by atomic mass is 9.93. The first-order valence-corrected chi connectivity index (χ1v) is 8.32. The van der Waals surface area contributed by atoms with Gasteiger partial charge in [-0.3, -0.25) is 0 Å². The van der Waals surface area contributed by atoms with E-state index >= 15 is 0 Å². The van der Waals surface area contributed by atoms with Gasteiger partial charge in [-0.1, -0.05) is 47.1 Å². The second kappa shape index (κ2) is 5.61. The molecule has 1 heterocycles. The van der Waals surface area contributed by atoms with Gasteiger partial charge in [0.2, 0.25) is 0 Å². The number of alkyl halides is 1. The van der Waals surface area contributed by atoms with Gasteiger partial charge in [0.1, 0.15) is 0 Å². The van der Waals surface area contributed by atoms with Gasteiger partial charge < -0.3 is 4.90 Å². The Morgan fingerprint density at radius 2 is 2.00 bits per heavy atom. The zero-order chi connectivity index (χ0) is 14.1. The lowest BCUT2D eigenvalue weighted by molar-refractivity contribution is 0.562. The molecule has 0 bridgehead atoms. The zero-order valence-corrected chi connectivity index (χ0v) is 13.7. The van der Waals surface area contributed by atoms with Crippen molar-refractivity contribution >= 4 is 27.3 Å². The van der Waals surface area contributed by atoms with E-state index in [4.69, 9.17) is 0 Å². The van der Waals surface area contributed by atoms with Crippen LogP contribution in [0, 0.1) is 12.8 Å². The molecule has 104 valence electrons. The third-order valence-corrected chi connectivity index (χ3v) is 4.73. The van der Waals surface area contributed by atoms with Crippen LogP contribution in [-0.4, -0.2) is 6.54 Å². The first-order valence-electron chi connectivity index (χ1n) is 7.20. The highest BCUT2D eigenvalue weighted by Crippen LogP contribution is 2.35. The van der Waals surface area contributed by atoms with Crippen LogP contribution >= 0.6 is 15.9 Å². The summed E-state index contributed by atoms with van der Waals surface area (Å²) < 4.78 is 0. The van der Waals surface area contributed by atoms with E-state index in [1.165, 1.54) is 34.5 Å². The van der Waals surface area contributed by atoms with Gasteiger partial charge in [0.05, 0.1) is 0 Å². The van der Waals surface area contributed by atoms with Crippen molar-refractivity contribution in [1.29, 1.82) is 0 Å². The molecule has 0 fully saturated rings. The van der Waals surface area contributed by atoms with E-state index in [1.807, 2.05) is 0 Å². The average molecular weight is 330 g/mol. The van der Waals surface area contributed by atoms with Gasteiger partial charge in [-0.15, -0.1) is 0 Å². The Bertz CT molecular complexity index is 621. The number of hydrogen-bond donors (Lipinski definition) is 0. The summed E-state index contributed by atoms with van der Waals surface area (Å²) >= 11 is 3.55. The standard InChI is InChI=1S/C18H20BrN/c1-13-9-15-5-3-4-6-18(15)20(12-13)17-8-7-16(11-19)14(2)10-17/h3-8,10,13H,9,11-12H2,1-2H3. The molecule has 0 saturated heterocycles. The molecule has 3 rings (SSSR count).